The molecule has 2 aromatic rings. The lowest BCUT2D eigenvalue weighted by Crippen LogP contribution is -2.48. The Hall–Kier alpha value is -2.80. The second-order valence-electron chi connectivity index (χ2n) is 6.92. The van der Waals surface area contributed by atoms with Crippen molar-refractivity contribution in [2.45, 2.75) is 25.8 Å². The summed E-state index contributed by atoms with van der Waals surface area (Å²) in [5.74, 6) is -3.21. The van der Waals surface area contributed by atoms with Crippen molar-refractivity contribution < 1.29 is 28.2 Å². The number of carbonyl (C=O) groups is 2. The van der Waals surface area contributed by atoms with Crippen LogP contribution in [0, 0.1) is 24.5 Å². The van der Waals surface area contributed by atoms with Crippen LogP contribution >= 0.6 is 0 Å². The zero-order chi connectivity index (χ0) is 20.3. The number of aliphatic carboxylic acids is 1. The summed E-state index contributed by atoms with van der Waals surface area (Å²) in [4.78, 5) is 24.0. The van der Waals surface area contributed by atoms with E-state index < -0.39 is 29.6 Å². The van der Waals surface area contributed by atoms with Gasteiger partial charge in [0.1, 0.15) is 17.7 Å². The van der Waals surface area contributed by atoms with E-state index in [0.717, 1.165) is 12.5 Å². The largest absolute Gasteiger partial charge is 0.480 e. The van der Waals surface area contributed by atoms with E-state index in [1.807, 2.05) is 0 Å². The number of aryl methyl sites for hydroxylation is 1. The quantitative estimate of drug-likeness (QED) is 0.820. The van der Waals surface area contributed by atoms with Gasteiger partial charge in [-0.3, -0.25) is 4.79 Å². The van der Waals surface area contributed by atoms with Gasteiger partial charge < -0.3 is 15.2 Å². The summed E-state index contributed by atoms with van der Waals surface area (Å²) in [7, 11) is 0. The second kappa shape index (κ2) is 8.48. The van der Waals surface area contributed by atoms with Crippen molar-refractivity contribution in [3.63, 3.8) is 0 Å². The monoisotopic (exact) mass is 389 g/mol. The molecule has 1 amide bonds. The van der Waals surface area contributed by atoms with E-state index in [4.69, 9.17) is 4.74 Å². The predicted molar refractivity (Wildman–Crippen MR) is 99.0 cm³/mol. The fraction of sp³-hybridized carbons (Fsp3) is 0.333. The molecule has 0 aromatic heterocycles. The molecule has 28 heavy (non-hydrogen) atoms. The molecule has 1 fully saturated rings. The van der Waals surface area contributed by atoms with Crippen LogP contribution < -0.4 is 5.32 Å². The molecule has 1 aliphatic rings. The topological polar surface area (TPSA) is 75.6 Å². The first-order valence-electron chi connectivity index (χ1n) is 9.04. The molecule has 2 unspecified atom stereocenters. The molecule has 1 heterocycles. The van der Waals surface area contributed by atoms with Gasteiger partial charge in [0.15, 0.2) is 0 Å². The first-order valence-corrected chi connectivity index (χ1v) is 9.04. The first-order chi connectivity index (χ1) is 13.4. The molecule has 0 spiro atoms. The van der Waals surface area contributed by atoms with Crippen molar-refractivity contribution in [1.29, 1.82) is 0 Å². The number of rotatable bonds is 5. The molecular weight excluding hydrogens is 368 g/mol. The predicted octanol–water partition coefficient (Wildman–Crippen LogP) is 3.55. The molecule has 2 N–H and O–H groups in total. The van der Waals surface area contributed by atoms with Crippen molar-refractivity contribution in [3.05, 3.63) is 59.2 Å². The molecule has 5 nitrogen and oxygen atoms in total. The average Bonchev–Trinajstić information content (AvgIpc) is 2.67. The maximum Gasteiger partial charge on any atom is 0.326 e. The van der Waals surface area contributed by atoms with Crippen LogP contribution in [-0.4, -0.2) is 36.2 Å². The van der Waals surface area contributed by atoms with Crippen LogP contribution in [0.4, 0.5) is 8.78 Å². The van der Waals surface area contributed by atoms with Crippen LogP contribution in [0.25, 0.3) is 11.1 Å². The Morgan fingerprint density at radius 1 is 1.18 bits per heavy atom. The molecule has 0 bridgehead atoms. The summed E-state index contributed by atoms with van der Waals surface area (Å²) in [6.07, 6.45) is 1.36. The van der Waals surface area contributed by atoms with E-state index in [9.17, 15) is 23.5 Å². The minimum atomic E-state index is -1.15. The number of nitrogens with one attached hydrogen (secondary N) is 1. The lowest BCUT2D eigenvalue weighted by molar-refractivity contribution is -0.142. The molecule has 0 aliphatic carbocycles. The highest BCUT2D eigenvalue weighted by Crippen LogP contribution is 2.27. The zero-order valence-electron chi connectivity index (χ0n) is 15.4. The van der Waals surface area contributed by atoms with E-state index in [1.54, 1.807) is 6.92 Å². The lowest BCUT2D eigenvalue weighted by Gasteiger charge is -2.28. The number of carboxylic acids is 1. The molecule has 1 aliphatic heterocycles. The Labute approximate surface area is 161 Å². The van der Waals surface area contributed by atoms with E-state index >= 15 is 0 Å². The Morgan fingerprint density at radius 3 is 2.54 bits per heavy atom. The highest BCUT2D eigenvalue weighted by molar-refractivity contribution is 5.97. The van der Waals surface area contributed by atoms with Gasteiger partial charge in [0.2, 0.25) is 0 Å². The van der Waals surface area contributed by atoms with Gasteiger partial charge in [-0.15, -0.1) is 0 Å². The normalized spacial score (nSPS) is 17.8. The molecular formula is C21H21F2NO4. The van der Waals surface area contributed by atoms with E-state index in [0.29, 0.717) is 24.2 Å². The van der Waals surface area contributed by atoms with Crippen LogP contribution in [-0.2, 0) is 9.53 Å². The SMILES string of the molecule is Cc1cc(F)ccc1-c1ccc(C(=O)NC(C(=O)O)C2CCCOC2)cc1F. The Morgan fingerprint density at radius 2 is 1.93 bits per heavy atom. The molecule has 0 radical (unpaired) electrons. The van der Waals surface area contributed by atoms with Crippen molar-refractivity contribution in [2.75, 3.05) is 13.2 Å². The Balaban J connectivity index is 1.80. The minimum Gasteiger partial charge on any atom is -0.480 e. The van der Waals surface area contributed by atoms with Crippen molar-refractivity contribution in [1.82, 2.24) is 5.32 Å². The van der Waals surface area contributed by atoms with Crippen molar-refractivity contribution in [3.8, 4) is 11.1 Å². The third-order valence-electron chi connectivity index (χ3n) is 4.93. The number of carbonyl (C=O) groups excluding carboxylic acids is 1. The smallest absolute Gasteiger partial charge is 0.326 e. The highest BCUT2D eigenvalue weighted by Gasteiger charge is 2.31. The van der Waals surface area contributed by atoms with Crippen molar-refractivity contribution >= 4 is 11.9 Å². The molecule has 0 saturated carbocycles. The minimum absolute atomic E-state index is 0.0176. The van der Waals surface area contributed by atoms with Crippen LogP contribution in [0.2, 0.25) is 0 Å². The molecule has 7 heteroatoms. The van der Waals surface area contributed by atoms with Gasteiger partial charge in [0.25, 0.3) is 5.91 Å². The summed E-state index contributed by atoms with van der Waals surface area (Å²) in [5, 5.41) is 11.9. The van der Waals surface area contributed by atoms with Crippen LogP contribution in [0.3, 0.4) is 0 Å². The van der Waals surface area contributed by atoms with Gasteiger partial charge in [-0.05, 0) is 55.2 Å². The number of hydrogen-bond acceptors (Lipinski definition) is 3. The number of ether oxygens (including phenoxy) is 1. The third kappa shape index (κ3) is 4.36. The molecule has 2 atom stereocenters. The number of amides is 1. The summed E-state index contributed by atoms with van der Waals surface area (Å²) >= 11 is 0. The summed E-state index contributed by atoms with van der Waals surface area (Å²) < 4.78 is 33.2. The standard InChI is InChI=1S/C21H21F2NO4/c1-12-9-15(22)5-7-16(12)17-6-4-13(10-18(17)23)20(25)24-19(21(26)27)14-3-2-8-28-11-14/h4-7,9-10,14,19H,2-3,8,11H2,1H3,(H,24,25)(H,26,27). The fourth-order valence-electron chi connectivity index (χ4n) is 3.44. The lowest BCUT2D eigenvalue weighted by atomic mass is 9.93. The maximum atomic E-state index is 14.6. The van der Waals surface area contributed by atoms with Gasteiger partial charge >= 0.3 is 5.97 Å². The Bertz CT molecular complexity index is 894. The summed E-state index contributed by atoms with van der Waals surface area (Å²) in [6.45, 7) is 2.50. The molecule has 3 rings (SSSR count). The molecule has 2 aromatic carbocycles. The number of carboxylic acid groups (broad SMARTS) is 1. The summed E-state index contributed by atoms with van der Waals surface area (Å²) in [6, 6.07) is 6.84. The van der Waals surface area contributed by atoms with Crippen molar-refractivity contribution in [2.24, 2.45) is 5.92 Å². The second-order valence-corrected chi connectivity index (χ2v) is 6.92. The fourth-order valence-corrected chi connectivity index (χ4v) is 3.44. The van der Waals surface area contributed by atoms with E-state index in [2.05, 4.69) is 5.32 Å². The average molecular weight is 389 g/mol. The number of hydrogen-bond donors (Lipinski definition) is 2. The highest BCUT2D eigenvalue weighted by atomic mass is 19.1. The van der Waals surface area contributed by atoms with Gasteiger partial charge in [0.05, 0.1) is 6.61 Å². The van der Waals surface area contributed by atoms with Crippen LogP contribution in [0.1, 0.15) is 28.8 Å². The summed E-state index contributed by atoms with van der Waals surface area (Å²) in [5.41, 5.74) is 1.35. The number of benzene rings is 2. The van der Waals surface area contributed by atoms with Crippen LogP contribution in [0.5, 0.6) is 0 Å². The first kappa shape index (κ1) is 19.9. The zero-order valence-corrected chi connectivity index (χ0v) is 15.4. The van der Waals surface area contributed by atoms with Gasteiger partial charge in [0, 0.05) is 23.7 Å². The number of halogens is 2. The van der Waals surface area contributed by atoms with E-state index in [1.165, 1.54) is 30.3 Å². The molecule has 148 valence electrons. The molecule has 1 saturated heterocycles. The van der Waals surface area contributed by atoms with E-state index in [-0.39, 0.29) is 23.7 Å². The van der Waals surface area contributed by atoms with Crippen LogP contribution in [0.15, 0.2) is 36.4 Å². The van der Waals surface area contributed by atoms with Gasteiger partial charge in [-0.25, -0.2) is 13.6 Å². The maximum absolute atomic E-state index is 14.6. The third-order valence-corrected chi connectivity index (χ3v) is 4.93. The Kier molecular flexibility index (Phi) is 6.04. The van der Waals surface area contributed by atoms with Gasteiger partial charge in [-0.1, -0.05) is 12.1 Å². The van der Waals surface area contributed by atoms with Gasteiger partial charge in [-0.2, -0.15) is 0 Å².